The van der Waals surface area contributed by atoms with Crippen LogP contribution in [0.15, 0.2) is 12.3 Å². The van der Waals surface area contributed by atoms with Gasteiger partial charge >= 0.3 is 6.03 Å². The number of rotatable bonds is 4. The number of hydrogen-bond acceptors (Lipinski definition) is 3. The molecule has 1 aliphatic rings. The smallest absolute Gasteiger partial charge is 0.310 e. The Labute approximate surface area is 106 Å². The van der Waals surface area contributed by atoms with E-state index >= 15 is 0 Å². The monoisotopic (exact) mass is 250 g/mol. The maximum Gasteiger partial charge on any atom is 0.325 e. The molecule has 18 heavy (non-hydrogen) atoms. The topological polar surface area (TPSA) is 67.2 Å². The van der Waals surface area contributed by atoms with Crippen molar-refractivity contribution in [2.75, 3.05) is 6.54 Å². The number of urea groups is 1. The number of aryl methyl sites for hydroxylation is 1. The maximum atomic E-state index is 11.8. The lowest BCUT2D eigenvalue weighted by Crippen LogP contribution is -2.47. The molecule has 6 nitrogen and oxygen atoms in total. The van der Waals surface area contributed by atoms with E-state index in [0.29, 0.717) is 19.4 Å². The second-order valence-electron chi connectivity index (χ2n) is 4.73. The molecule has 1 aromatic rings. The van der Waals surface area contributed by atoms with Gasteiger partial charge in [-0.2, -0.15) is 5.10 Å². The molecule has 1 unspecified atom stereocenters. The summed E-state index contributed by atoms with van der Waals surface area (Å²) < 4.78 is 1.78. The highest BCUT2D eigenvalue weighted by Gasteiger charge is 2.47. The van der Waals surface area contributed by atoms with Gasteiger partial charge in [0.2, 0.25) is 0 Å². The summed E-state index contributed by atoms with van der Waals surface area (Å²) in [6.45, 7) is 4.23. The van der Waals surface area contributed by atoms with Gasteiger partial charge in [-0.25, -0.2) is 4.79 Å². The highest BCUT2D eigenvalue weighted by atomic mass is 16.2. The van der Waals surface area contributed by atoms with Gasteiger partial charge in [0.05, 0.1) is 0 Å². The fourth-order valence-corrected chi connectivity index (χ4v) is 2.22. The third-order valence-corrected chi connectivity index (χ3v) is 3.75. The van der Waals surface area contributed by atoms with E-state index < -0.39 is 5.54 Å². The van der Waals surface area contributed by atoms with Crippen LogP contribution in [0.3, 0.4) is 0 Å². The lowest BCUT2D eigenvalue weighted by molar-refractivity contribution is -0.126. The number of carbonyl (C=O) groups excluding carboxylic acids is 2. The largest absolute Gasteiger partial charge is 0.325 e. The predicted molar refractivity (Wildman–Crippen MR) is 65.9 cm³/mol. The Morgan fingerprint density at radius 2 is 2.17 bits per heavy atom. The van der Waals surface area contributed by atoms with Crippen molar-refractivity contribution in [3.63, 3.8) is 0 Å². The molecule has 1 aromatic heterocycles. The van der Waals surface area contributed by atoms with Gasteiger partial charge in [-0.3, -0.25) is 14.8 Å². The zero-order valence-electron chi connectivity index (χ0n) is 10.9. The first-order valence-corrected chi connectivity index (χ1v) is 6.09. The van der Waals surface area contributed by atoms with Gasteiger partial charge in [-0.1, -0.05) is 6.92 Å². The van der Waals surface area contributed by atoms with Crippen LogP contribution >= 0.6 is 0 Å². The minimum atomic E-state index is -0.727. The van der Waals surface area contributed by atoms with Crippen molar-refractivity contribution in [1.29, 1.82) is 0 Å². The molecular formula is C12H18N4O2. The van der Waals surface area contributed by atoms with Crippen LogP contribution in [0.4, 0.5) is 4.79 Å². The van der Waals surface area contributed by atoms with E-state index in [0.717, 1.165) is 5.69 Å². The lowest BCUT2D eigenvalue weighted by Gasteiger charge is -2.30. The molecule has 0 spiro atoms. The highest BCUT2D eigenvalue weighted by molar-refractivity contribution is 6.06. The lowest BCUT2D eigenvalue weighted by atomic mass is 9.97. The number of imide groups is 1. The summed E-state index contributed by atoms with van der Waals surface area (Å²) in [6, 6.07) is 1.62. The van der Waals surface area contributed by atoms with Crippen LogP contribution in [0.25, 0.3) is 0 Å². The van der Waals surface area contributed by atoms with E-state index in [-0.39, 0.29) is 11.9 Å². The van der Waals surface area contributed by atoms with Crippen LogP contribution in [-0.2, 0) is 18.3 Å². The summed E-state index contributed by atoms with van der Waals surface area (Å²) in [4.78, 5) is 25.2. The Kier molecular flexibility index (Phi) is 3.11. The Bertz CT molecular complexity index is 482. The Morgan fingerprint density at radius 3 is 2.72 bits per heavy atom. The molecule has 1 saturated heterocycles. The molecule has 98 valence electrons. The fourth-order valence-electron chi connectivity index (χ4n) is 2.22. The van der Waals surface area contributed by atoms with Crippen LogP contribution < -0.4 is 5.32 Å². The van der Waals surface area contributed by atoms with Gasteiger partial charge in [-0.15, -0.1) is 0 Å². The van der Waals surface area contributed by atoms with Crippen molar-refractivity contribution in [3.05, 3.63) is 18.0 Å². The summed E-state index contributed by atoms with van der Waals surface area (Å²) in [5.74, 6) is -0.208. The van der Waals surface area contributed by atoms with Crippen LogP contribution in [-0.4, -0.2) is 38.7 Å². The third kappa shape index (κ3) is 1.87. The number of aromatic nitrogens is 2. The van der Waals surface area contributed by atoms with Crippen molar-refractivity contribution in [2.45, 2.75) is 32.2 Å². The number of nitrogens with zero attached hydrogens (tertiary/aromatic N) is 3. The molecule has 0 aromatic carbocycles. The van der Waals surface area contributed by atoms with Gasteiger partial charge in [-0.05, 0) is 19.4 Å². The first-order chi connectivity index (χ1) is 8.49. The van der Waals surface area contributed by atoms with Crippen molar-refractivity contribution < 1.29 is 9.59 Å². The average Bonchev–Trinajstić information content (AvgIpc) is 2.82. The van der Waals surface area contributed by atoms with Crippen LogP contribution in [0.1, 0.15) is 26.0 Å². The fraction of sp³-hybridized carbons (Fsp3) is 0.583. The Hall–Kier alpha value is -1.85. The number of nitrogens with one attached hydrogen (secondary N) is 1. The Balaban J connectivity index is 2.10. The molecule has 0 radical (unpaired) electrons. The van der Waals surface area contributed by atoms with Crippen LogP contribution in [0.5, 0.6) is 0 Å². The van der Waals surface area contributed by atoms with Crippen LogP contribution in [0, 0.1) is 0 Å². The van der Waals surface area contributed by atoms with E-state index in [1.807, 2.05) is 20.0 Å². The molecule has 3 amide bonds. The van der Waals surface area contributed by atoms with Gasteiger partial charge in [0.1, 0.15) is 5.54 Å². The van der Waals surface area contributed by atoms with Gasteiger partial charge in [0.25, 0.3) is 5.91 Å². The molecule has 1 N–H and O–H groups in total. The standard InChI is InChI=1S/C12H18N4O2/c1-4-12(2)10(17)14-11(18)16(12)8-6-9-5-7-13-15(9)3/h5,7H,4,6,8H2,1-3H3,(H,14,17,18). The van der Waals surface area contributed by atoms with Gasteiger partial charge in [0, 0.05) is 31.9 Å². The second kappa shape index (κ2) is 4.44. The zero-order chi connectivity index (χ0) is 13.3. The van der Waals surface area contributed by atoms with E-state index in [4.69, 9.17) is 0 Å². The number of carbonyl (C=O) groups is 2. The van der Waals surface area contributed by atoms with Crippen molar-refractivity contribution in [1.82, 2.24) is 20.0 Å². The molecule has 0 saturated carbocycles. The molecule has 1 fully saturated rings. The van der Waals surface area contributed by atoms with E-state index in [2.05, 4.69) is 10.4 Å². The summed E-state index contributed by atoms with van der Waals surface area (Å²) in [6.07, 6.45) is 3.02. The third-order valence-electron chi connectivity index (χ3n) is 3.75. The summed E-state index contributed by atoms with van der Waals surface area (Å²) in [5.41, 5.74) is 0.316. The number of hydrogen-bond donors (Lipinski definition) is 1. The quantitative estimate of drug-likeness (QED) is 0.799. The normalized spacial score (nSPS) is 23.6. The predicted octanol–water partition coefficient (Wildman–Crippen LogP) is 0.683. The minimum absolute atomic E-state index is 0.208. The second-order valence-corrected chi connectivity index (χ2v) is 4.73. The molecule has 2 rings (SSSR count). The Morgan fingerprint density at radius 1 is 1.44 bits per heavy atom. The molecule has 2 heterocycles. The van der Waals surface area contributed by atoms with E-state index in [1.165, 1.54) is 0 Å². The van der Waals surface area contributed by atoms with Crippen LogP contribution in [0.2, 0.25) is 0 Å². The molecule has 6 heteroatoms. The molecule has 0 aliphatic carbocycles. The highest BCUT2D eigenvalue weighted by Crippen LogP contribution is 2.25. The first kappa shape index (κ1) is 12.6. The SMILES string of the molecule is CCC1(C)C(=O)NC(=O)N1CCc1ccnn1C. The van der Waals surface area contributed by atoms with E-state index in [1.54, 1.807) is 22.7 Å². The van der Waals surface area contributed by atoms with Gasteiger partial charge < -0.3 is 4.90 Å². The molecular weight excluding hydrogens is 232 g/mol. The van der Waals surface area contributed by atoms with Crippen molar-refractivity contribution >= 4 is 11.9 Å². The number of amides is 3. The maximum absolute atomic E-state index is 11.8. The molecule has 1 aliphatic heterocycles. The summed E-state index contributed by atoms with van der Waals surface area (Å²) in [5, 5.41) is 6.46. The molecule has 0 bridgehead atoms. The first-order valence-electron chi connectivity index (χ1n) is 6.09. The summed E-state index contributed by atoms with van der Waals surface area (Å²) in [7, 11) is 1.86. The van der Waals surface area contributed by atoms with E-state index in [9.17, 15) is 9.59 Å². The average molecular weight is 250 g/mol. The van der Waals surface area contributed by atoms with Gasteiger partial charge in [0.15, 0.2) is 0 Å². The summed E-state index contributed by atoms with van der Waals surface area (Å²) >= 11 is 0. The zero-order valence-corrected chi connectivity index (χ0v) is 10.9. The van der Waals surface area contributed by atoms with Crippen molar-refractivity contribution in [3.8, 4) is 0 Å². The minimum Gasteiger partial charge on any atom is -0.310 e. The van der Waals surface area contributed by atoms with Crippen molar-refractivity contribution in [2.24, 2.45) is 7.05 Å². The molecule has 1 atom stereocenters.